The summed E-state index contributed by atoms with van der Waals surface area (Å²) in [6.45, 7) is 10.0. The lowest BCUT2D eigenvalue weighted by Crippen LogP contribution is -2.45. The minimum atomic E-state index is -0.928. The fourth-order valence-electron chi connectivity index (χ4n) is 2.41. The van der Waals surface area contributed by atoms with Crippen molar-refractivity contribution >= 4 is 17.6 Å². The number of aliphatic carboxylic acids is 1. The third kappa shape index (κ3) is 5.67. The molecule has 0 aliphatic rings. The molecule has 0 bridgehead atoms. The summed E-state index contributed by atoms with van der Waals surface area (Å²) in [5.41, 5.74) is 1.73. The molecule has 0 aliphatic carbocycles. The van der Waals surface area contributed by atoms with Crippen LogP contribution in [-0.2, 0) is 15.0 Å². The number of carboxylic acid groups (broad SMARTS) is 1. The average Bonchev–Trinajstić information content (AvgIpc) is 2.46. The average molecular weight is 320 g/mol. The van der Waals surface area contributed by atoms with E-state index >= 15 is 0 Å². The van der Waals surface area contributed by atoms with Crippen molar-refractivity contribution in [2.45, 2.75) is 52.5 Å². The highest BCUT2D eigenvalue weighted by Crippen LogP contribution is 2.29. The highest BCUT2D eigenvalue weighted by Gasteiger charge is 2.24. The minimum absolute atomic E-state index is 0.0280. The van der Waals surface area contributed by atoms with Crippen LogP contribution in [0, 0.1) is 5.92 Å². The number of rotatable bonds is 7. The zero-order valence-corrected chi connectivity index (χ0v) is 14.6. The van der Waals surface area contributed by atoms with Crippen molar-refractivity contribution in [2.24, 2.45) is 5.92 Å². The van der Waals surface area contributed by atoms with Gasteiger partial charge in [-0.1, -0.05) is 59.2 Å². The fraction of sp³-hybridized carbons (Fsp3) is 0.556. The van der Waals surface area contributed by atoms with E-state index in [0.717, 1.165) is 17.7 Å². The maximum absolute atomic E-state index is 12.2. The van der Waals surface area contributed by atoms with Gasteiger partial charge in [0.1, 0.15) is 6.04 Å². The van der Waals surface area contributed by atoms with Gasteiger partial charge in [0.05, 0.1) is 6.54 Å². The number of carbonyl (C=O) groups is 2. The normalized spacial score (nSPS) is 14.1. The molecule has 0 fully saturated rings. The van der Waals surface area contributed by atoms with Crippen molar-refractivity contribution in [3.63, 3.8) is 0 Å². The molecular weight excluding hydrogens is 292 g/mol. The Kier molecular flexibility index (Phi) is 6.76. The van der Waals surface area contributed by atoms with E-state index in [1.807, 2.05) is 38.1 Å². The van der Waals surface area contributed by atoms with Gasteiger partial charge in [-0.15, -0.1) is 0 Å². The fourth-order valence-corrected chi connectivity index (χ4v) is 2.41. The highest BCUT2D eigenvalue weighted by molar-refractivity contribution is 5.93. The van der Waals surface area contributed by atoms with Crippen molar-refractivity contribution in [2.75, 3.05) is 11.9 Å². The van der Waals surface area contributed by atoms with E-state index in [2.05, 4.69) is 31.4 Å². The van der Waals surface area contributed by atoms with Crippen LogP contribution in [0.4, 0.5) is 5.69 Å². The lowest BCUT2D eigenvalue weighted by molar-refractivity contribution is -0.140. The molecule has 5 heteroatoms. The van der Waals surface area contributed by atoms with Crippen LogP contribution in [0.3, 0.4) is 0 Å². The van der Waals surface area contributed by atoms with Crippen LogP contribution in [0.5, 0.6) is 0 Å². The number of hydrogen-bond donors (Lipinski definition) is 3. The first-order valence-electron chi connectivity index (χ1n) is 8.02. The number of carbonyl (C=O) groups excluding carboxylic acids is 1. The van der Waals surface area contributed by atoms with Crippen molar-refractivity contribution in [3.8, 4) is 0 Å². The molecule has 128 valence electrons. The lowest BCUT2D eigenvalue weighted by atomic mass is 9.86. The Morgan fingerprint density at radius 1 is 1.22 bits per heavy atom. The predicted octanol–water partition coefficient (Wildman–Crippen LogP) is 3.01. The molecule has 1 aromatic carbocycles. The number of benzene rings is 1. The first-order chi connectivity index (χ1) is 10.7. The molecule has 0 unspecified atom stereocenters. The molecule has 0 saturated heterocycles. The van der Waals surface area contributed by atoms with E-state index in [0.29, 0.717) is 0 Å². The number of amides is 1. The summed E-state index contributed by atoms with van der Waals surface area (Å²) < 4.78 is 0. The summed E-state index contributed by atoms with van der Waals surface area (Å²) in [7, 11) is 0. The van der Waals surface area contributed by atoms with Gasteiger partial charge in [0.2, 0.25) is 5.91 Å². The summed E-state index contributed by atoms with van der Waals surface area (Å²) in [4.78, 5) is 23.4. The Hall–Kier alpha value is -1.88. The van der Waals surface area contributed by atoms with Crippen LogP contribution < -0.4 is 10.6 Å². The standard InChI is InChI=1S/C18H28N2O3/c1-6-12(2)16(17(22)23)19-11-15(21)20-14-10-8-7-9-13(14)18(3,4)5/h7-10,12,16,19H,6,11H2,1-5H3,(H,20,21)(H,22,23)/t12-,16-/m0/s1. The van der Waals surface area contributed by atoms with E-state index < -0.39 is 12.0 Å². The predicted molar refractivity (Wildman–Crippen MR) is 92.7 cm³/mol. The lowest BCUT2D eigenvalue weighted by Gasteiger charge is -2.23. The van der Waals surface area contributed by atoms with Crippen LogP contribution >= 0.6 is 0 Å². The molecular formula is C18H28N2O3. The van der Waals surface area contributed by atoms with Crippen LogP contribution in [0.1, 0.15) is 46.6 Å². The largest absolute Gasteiger partial charge is 0.480 e. The molecule has 1 amide bonds. The molecule has 0 saturated carbocycles. The monoisotopic (exact) mass is 320 g/mol. The number of hydrogen-bond acceptors (Lipinski definition) is 3. The third-order valence-corrected chi connectivity index (χ3v) is 3.97. The Morgan fingerprint density at radius 2 is 1.83 bits per heavy atom. The number of nitrogens with one attached hydrogen (secondary N) is 2. The van der Waals surface area contributed by atoms with Gasteiger partial charge in [-0.25, -0.2) is 0 Å². The van der Waals surface area contributed by atoms with E-state index in [9.17, 15) is 14.7 Å². The highest BCUT2D eigenvalue weighted by atomic mass is 16.4. The van der Waals surface area contributed by atoms with E-state index in [4.69, 9.17) is 0 Å². The van der Waals surface area contributed by atoms with Crippen molar-refractivity contribution < 1.29 is 14.7 Å². The van der Waals surface area contributed by atoms with Gasteiger partial charge in [0, 0.05) is 5.69 Å². The van der Waals surface area contributed by atoms with Gasteiger partial charge in [-0.2, -0.15) is 0 Å². The molecule has 3 N–H and O–H groups in total. The van der Waals surface area contributed by atoms with E-state index in [1.165, 1.54) is 0 Å². The molecule has 0 radical (unpaired) electrons. The van der Waals surface area contributed by atoms with Gasteiger partial charge in [0.15, 0.2) is 0 Å². The molecule has 1 rings (SSSR count). The number of anilines is 1. The summed E-state index contributed by atoms with van der Waals surface area (Å²) >= 11 is 0. The second-order valence-electron chi connectivity index (χ2n) is 6.93. The Balaban J connectivity index is 2.73. The summed E-state index contributed by atoms with van der Waals surface area (Å²) in [6, 6.07) is 6.95. The first-order valence-corrected chi connectivity index (χ1v) is 8.02. The van der Waals surface area contributed by atoms with Crippen LogP contribution in [0.25, 0.3) is 0 Å². The Morgan fingerprint density at radius 3 is 2.35 bits per heavy atom. The zero-order chi connectivity index (χ0) is 17.6. The summed E-state index contributed by atoms with van der Waals surface area (Å²) in [5, 5.41) is 14.9. The molecule has 1 aromatic rings. The Labute approximate surface area is 138 Å². The zero-order valence-electron chi connectivity index (χ0n) is 14.6. The molecule has 0 spiro atoms. The molecule has 0 aromatic heterocycles. The van der Waals surface area contributed by atoms with Gasteiger partial charge in [-0.3, -0.25) is 14.9 Å². The number of para-hydroxylation sites is 1. The molecule has 0 aliphatic heterocycles. The summed E-state index contributed by atoms with van der Waals surface area (Å²) in [5.74, 6) is -1.21. The van der Waals surface area contributed by atoms with Gasteiger partial charge in [0.25, 0.3) is 0 Å². The maximum Gasteiger partial charge on any atom is 0.320 e. The quantitative estimate of drug-likeness (QED) is 0.721. The number of carboxylic acids is 1. The van der Waals surface area contributed by atoms with Crippen LogP contribution in [0.15, 0.2) is 24.3 Å². The van der Waals surface area contributed by atoms with Crippen molar-refractivity contribution in [3.05, 3.63) is 29.8 Å². The molecule has 0 heterocycles. The molecule has 5 nitrogen and oxygen atoms in total. The van der Waals surface area contributed by atoms with Gasteiger partial charge >= 0.3 is 5.97 Å². The molecule has 23 heavy (non-hydrogen) atoms. The summed E-state index contributed by atoms with van der Waals surface area (Å²) in [6.07, 6.45) is 0.735. The minimum Gasteiger partial charge on any atom is -0.480 e. The van der Waals surface area contributed by atoms with Gasteiger partial charge in [-0.05, 0) is 23.0 Å². The van der Waals surface area contributed by atoms with Gasteiger partial charge < -0.3 is 10.4 Å². The third-order valence-electron chi connectivity index (χ3n) is 3.97. The Bertz CT molecular complexity index is 549. The smallest absolute Gasteiger partial charge is 0.320 e. The second-order valence-corrected chi connectivity index (χ2v) is 6.93. The topological polar surface area (TPSA) is 78.4 Å². The first kappa shape index (κ1) is 19.2. The second kappa shape index (κ2) is 8.11. The molecule has 2 atom stereocenters. The van der Waals surface area contributed by atoms with Crippen molar-refractivity contribution in [1.29, 1.82) is 0 Å². The maximum atomic E-state index is 12.2. The van der Waals surface area contributed by atoms with E-state index in [-0.39, 0.29) is 23.8 Å². The van der Waals surface area contributed by atoms with Crippen molar-refractivity contribution in [1.82, 2.24) is 5.32 Å². The van der Waals surface area contributed by atoms with Crippen LogP contribution in [-0.4, -0.2) is 29.6 Å². The SMILES string of the molecule is CC[C@H](C)[C@H](NCC(=O)Nc1ccccc1C(C)(C)C)C(=O)O. The van der Waals surface area contributed by atoms with E-state index in [1.54, 1.807) is 0 Å². The van der Waals surface area contributed by atoms with Crippen LogP contribution in [0.2, 0.25) is 0 Å².